The summed E-state index contributed by atoms with van der Waals surface area (Å²) in [5.74, 6) is -0.0962. The van der Waals surface area contributed by atoms with Crippen molar-refractivity contribution in [3.8, 4) is 0 Å². The van der Waals surface area contributed by atoms with Crippen LogP contribution < -0.4 is 144 Å². The first-order valence-electron chi connectivity index (χ1n) is 7.97. The van der Waals surface area contributed by atoms with E-state index in [4.69, 9.17) is 22.1 Å². The fourth-order valence-corrected chi connectivity index (χ4v) is 5.68. The Morgan fingerprint density at radius 3 is 2.17 bits per heavy atom. The van der Waals surface area contributed by atoms with Gasteiger partial charge in [0.15, 0.2) is 17.7 Å². The summed E-state index contributed by atoms with van der Waals surface area (Å²) in [4.78, 5) is 54.9. The number of halogens is 1. The maximum atomic E-state index is 11.6. The van der Waals surface area contributed by atoms with Crippen molar-refractivity contribution < 1.29 is 180 Å². The van der Waals surface area contributed by atoms with Gasteiger partial charge in [-0.25, -0.2) is 9.29 Å². The number of aliphatic hydroxyl groups excluding tert-OH is 2. The summed E-state index contributed by atoms with van der Waals surface area (Å²) in [7, 11) is -18.1. The summed E-state index contributed by atoms with van der Waals surface area (Å²) < 4.78 is 50.2. The van der Waals surface area contributed by atoms with Crippen molar-refractivity contribution in [3.63, 3.8) is 0 Å². The van der Waals surface area contributed by atoms with E-state index in [0.717, 1.165) is 10.9 Å². The monoisotopic (exact) mass is 629 g/mol. The molecule has 0 spiro atoms. The van der Waals surface area contributed by atoms with Crippen molar-refractivity contribution in [2.24, 2.45) is 0 Å². The number of hydrogen-bond donors (Lipinski definition) is 3. The predicted molar refractivity (Wildman–Crippen MR) is 91.6 cm³/mol. The van der Waals surface area contributed by atoms with Gasteiger partial charge in [0, 0.05) is 0 Å². The molecule has 26 heteroatoms. The van der Waals surface area contributed by atoms with Crippen LogP contribution in [0.2, 0.25) is 5.28 Å². The average molecular weight is 630 g/mol. The van der Waals surface area contributed by atoms with Gasteiger partial charge >= 0.3 is 118 Å². The minimum absolute atomic E-state index is 0. The Balaban J connectivity index is 0. The minimum atomic E-state index is -6.16. The maximum Gasteiger partial charge on any atom is 1.00 e. The fourth-order valence-electron chi connectivity index (χ4n) is 2.64. The van der Waals surface area contributed by atoms with Crippen molar-refractivity contribution >= 4 is 52.1 Å². The number of phosphoric ester groups is 1. The van der Waals surface area contributed by atoms with Crippen LogP contribution in [-0.2, 0) is 31.6 Å². The third-order valence-corrected chi connectivity index (χ3v) is 7.66. The molecule has 0 bridgehead atoms. The molecule has 180 valence electrons. The van der Waals surface area contributed by atoms with Crippen LogP contribution in [0.5, 0.6) is 0 Å². The quantitative estimate of drug-likeness (QED) is 0.139. The first-order valence-corrected chi connectivity index (χ1v) is 12.7. The number of ether oxygens (including phenoxy) is 1. The van der Waals surface area contributed by atoms with Gasteiger partial charge in [0.2, 0.25) is 5.28 Å². The molecule has 0 aliphatic carbocycles. The fraction of sp³-hybridized carbons (Fsp3) is 0.500. The predicted octanol–water partition coefficient (Wildman–Crippen LogP) is -15.5. The number of imidazole rings is 1. The molecule has 1 aliphatic heterocycles. The van der Waals surface area contributed by atoms with Crippen LogP contribution in [0.3, 0.4) is 0 Å². The number of rotatable bonds is 8. The Morgan fingerprint density at radius 1 is 1.03 bits per heavy atom. The molecular formula is C10H11ClN5Na4O13P3. The number of aliphatic hydroxyl groups is 2. The molecule has 2 aromatic rings. The van der Waals surface area contributed by atoms with Crippen LogP contribution >= 0.6 is 35.1 Å². The molecule has 1 fully saturated rings. The van der Waals surface area contributed by atoms with Crippen molar-refractivity contribution in [1.82, 2.24) is 19.5 Å². The van der Waals surface area contributed by atoms with Gasteiger partial charge in [-0.15, -0.1) is 0 Å². The summed E-state index contributed by atoms with van der Waals surface area (Å²) in [6, 6.07) is 0. The molecule has 1 saturated heterocycles. The van der Waals surface area contributed by atoms with Crippen LogP contribution in [0.15, 0.2) is 6.33 Å². The molecule has 18 nitrogen and oxygen atoms in total. The molecule has 4 N–H and O–H groups in total. The second kappa shape index (κ2) is 16.0. The summed E-state index contributed by atoms with van der Waals surface area (Å²) in [5.41, 5.74) is 5.75. The Bertz CT molecular complexity index is 1170. The SMILES string of the molecule is Nc1nc(Cl)nc2c1ncn2[C@@H]1O[C@@H](COP(=O)([O-])OP(=O)([O-])OP(=O)([O-])[O-])[C@@H](O)[C@H]1O.[Na+].[Na+].[Na+].[Na+]. The Kier molecular flexibility index (Phi) is 18.2. The number of aromatic nitrogens is 4. The normalized spacial score (nSPS) is 24.9. The van der Waals surface area contributed by atoms with Crippen LogP contribution in [0, 0.1) is 0 Å². The molecule has 0 amide bonds. The topological polar surface area (TPSA) is 290 Å². The third kappa shape index (κ3) is 11.0. The van der Waals surface area contributed by atoms with Gasteiger partial charge in [-0.05, 0) is 11.6 Å². The molecule has 0 aromatic carbocycles. The Hall–Kier alpha value is 2.93. The zero-order valence-electron chi connectivity index (χ0n) is 19.1. The Morgan fingerprint density at radius 2 is 1.61 bits per heavy atom. The van der Waals surface area contributed by atoms with E-state index in [-0.39, 0.29) is 140 Å². The molecule has 36 heavy (non-hydrogen) atoms. The molecule has 3 heterocycles. The van der Waals surface area contributed by atoms with E-state index in [2.05, 4.69) is 28.1 Å². The number of phosphoric acid groups is 3. The number of fused-ring (bicyclic) bond motifs is 1. The molecule has 2 unspecified atom stereocenters. The molecule has 1 aliphatic rings. The van der Waals surface area contributed by atoms with Crippen molar-refractivity contribution in [3.05, 3.63) is 11.6 Å². The molecule has 2 aromatic heterocycles. The third-order valence-electron chi connectivity index (χ3n) is 3.83. The second-order valence-electron chi connectivity index (χ2n) is 6.05. The summed E-state index contributed by atoms with van der Waals surface area (Å²) in [5, 5.41) is 20.1. The zero-order chi connectivity index (χ0) is 24.1. The summed E-state index contributed by atoms with van der Waals surface area (Å²) in [6.07, 6.45) is -5.33. The van der Waals surface area contributed by atoms with E-state index in [1.807, 2.05) is 0 Å². The van der Waals surface area contributed by atoms with Crippen molar-refractivity contribution in [2.45, 2.75) is 24.5 Å². The number of nitrogens with zero attached hydrogens (tertiary/aromatic N) is 4. The second-order valence-corrected chi connectivity index (χ2v) is 10.6. The number of nitrogen functional groups attached to an aromatic ring is 1. The van der Waals surface area contributed by atoms with Gasteiger partial charge in [-0.1, -0.05) is 0 Å². The van der Waals surface area contributed by atoms with Gasteiger partial charge in [-0.3, -0.25) is 18.0 Å². The van der Waals surface area contributed by atoms with E-state index in [0.29, 0.717) is 0 Å². The zero-order valence-corrected chi connectivity index (χ0v) is 30.5. The van der Waals surface area contributed by atoms with E-state index in [1.165, 1.54) is 0 Å². The first-order chi connectivity index (χ1) is 14.6. The Labute approximate surface area is 295 Å². The van der Waals surface area contributed by atoms with Crippen LogP contribution in [0.4, 0.5) is 5.82 Å². The minimum Gasteiger partial charge on any atom is -0.790 e. The smallest absolute Gasteiger partial charge is 0.790 e. The average Bonchev–Trinajstić information content (AvgIpc) is 3.12. The van der Waals surface area contributed by atoms with Crippen molar-refractivity contribution in [2.75, 3.05) is 12.3 Å². The van der Waals surface area contributed by atoms with Gasteiger partial charge in [0.25, 0.3) is 15.6 Å². The van der Waals surface area contributed by atoms with Gasteiger partial charge < -0.3 is 49.3 Å². The maximum absolute atomic E-state index is 11.6. The number of nitrogens with two attached hydrogens (primary N) is 1. The van der Waals surface area contributed by atoms with Crippen LogP contribution in [-0.4, -0.2) is 54.7 Å². The van der Waals surface area contributed by atoms with Crippen molar-refractivity contribution in [1.29, 1.82) is 0 Å². The molecule has 3 rings (SSSR count). The van der Waals surface area contributed by atoms with E-state index in [9.17, 15) is 43.5 Å². The molecule has 0 radical (unpaired) electrons. The van der Waals surface area contributed by atoms with E-state index >= 15 is 0 Å². The van der Waals surface area contributed by atoms with Crippen LogP contribution in [0.1, 0.15) is 6.23 Å². The summed E-state index contributed by atoms with van der Waals surface area (Å²) in [6.45, 7) is -1.10. The van der Waals surface area contributed by atoms with Crippen LogP contribution in [0.25, 0.3) is 11.2 Å². The van der Waals surface area contributed by atoms with Gasteiger partial charge in [0.1, 0.15) is 23.8 Å². The molecule has 6 atom stereocenters. The molecule has 0 saturated carbocycles. The first kappa shape index (κ1) is 41.1. The standard InChI is InChI=1S/C10H15ClN5O13P3.4Na/c11-10-14-7(12)4-8(15-10)16(2-13-4)9-6(18)5(17)3(27-9)1-26-31(22,23)29-32(24,25)28-30(19,20)21;;;;/h2-3,5-6,9,17-18H,1H2,(H,22,23)(H,24,25)(H2,12,14,15)(H2,19,20,21);;;;/q;4*+1/p-4/t3-,5+,6+,9+;;;;/m0..../s1. The van der Waals surface area contributed by atoms with Gasteiger partial charge in [-0.2, -0.15) is 9.97 Å². The van der Waals surface area contributed by atoms with E-state index in [1.54, 1.807) is 0 Å². The largest absolute Gasteiger partial charge is 1.00 e. The molecular weight excluding hydrogens is 618 g/mol. The summed E-state index contributed by atoms with van der Waals surface area (Å²) >= 11 is 5.73. The van der Waals surface area contributed by atoms with Gasteiger partial charge in [0.05, 0.1) is 20.8 Å². The van der Waals surface area contributed by atoms with E-state index < -0.39 is 54.6 Å². The number of anilines is 1. The number of hydrogen-bond acceptors (Lipinski definition) is 17.